The molecular weight excluding hydrogens is 353 g/mol. The van der Waals surface area contributed by atoms with Gasteiger partial charge in [0.25, 0.3) is 0 Å². The van der Waals surface area contributed by atoms with Gasteiger partial charge in [-0.05, 0) is 40.0 Å². The van der Waals surface area contributed by atoms with Crippen molar-refractivity contribution in [2.24, 2.45) is 0 Å². The molecule has 0 radical (unpaired) electrons. The molecule has 1 aliphatic rings. The Bertz CT molecular complexity index is 420. The fourth-order valence-corrected chi connectivity index (χ4v) is 4.20. The molecule has 0 aromatic carbocycles. The number of carbonyl (C=O) groups is 1. The molecule has 1 rings (SSSR count). The highest BCUT2D eigenvalue weighted by atomic mass is 31.2. The molecule has 148 valence electrons. The summed E-state index contributed by atoms with van der Waals surface area (Å²) >= 11 is 0. The summed E-state index contributed by atoms with van der Waals surface area (Å²) < 4.78 is 39.4. The Balaban J connectivity index is 2.77. The Morgan fingerprint density at radius 2 is 1.92 bits per heavy atom. The van der Waals surface area contributed by atoms with Crippen LogP contribution in [0.4, 0.5) is 4.79 Å². The van der Waals surface area contributed by atoms with E-state index >= 15 is 0 Å². The number of hydrogen-bond acceptors (Lipinski definition) is 8. The summed E-state index contributed by atoms with van der Waals surface area (Å²) in [6.07, 6.45) is 0.318. The Labute approximate surface area is 149 Å². The van der Waals surface area contributed by atoms with Crippen molar-refractivity contribution < 1.29 is 37.8 Å². The molecule has 0 aliphatic carbocycles. The molecule has 25 heavy (non-hydrogen) atoms. The highest BCUT2D eigenvalue weighted by Crippen LogP contribution is 2.49. The highest BCUT2D eigenvalue weighted by Gasteiger charge is 2.33. The molecule has 9 nitrogen and oxygen atoms in total. The average Bonchev–Trinajstić information content (AvgIpc) is 2.56. The molecule has 1 N–H and O–H groups in total. The maximum Gasteiger partial charge on any atom is 0.433 e. The molecule has 0 aromatic heterocycles. The second-order valence-corrected chi connectivity index (χ2v) is 7.57. The number of carbonyl (C=O) groups excluding carboxylic acids is 1. The molecule has 1 saturated heterocycles. The SMILES string of the molecule is CCOC(=O)N(O)CC(CP(=O)(OCC)OCC)OC1CCCCO1. The van der Waals surface area contributed by atoms with E-state index in [2.05, 4.69) is 0 Å². The number of hydroxylamine groups is 2. The Hall–Kier alpha value is -0.700. The second kappa shape index (κ2) is 11.8. The van der Waals surface area contributed by atoms with Gasteiger partial charge < -0.3 is 23.3 Å². The molecule has 1 heterocycles. The van der Waals surface area contributed by atoms with Crippen LogP contribution in [0.2, 0.25) is 0 Å². The summed E-state index contributed by atoms with van der Waals surface area (Å²) in [6.45, 7) is 5.95. The number of ether oxygens (including phenoxy) is 3. The standard InChI is InChI=1S/C15H30NO8P/c1-4-20-15(17)16(18)11-13(24-14-9-7-8-10-21-14)12-25(19,22-5-2)23-6-3/h13-14,18H,4-12H2,1-3H3. The van der Waals surface area contributed by atoms with Crippen LogP contribution in [0.3, 0.4) is 0 Å². The van der Waals surface area contributed by atoms with Gasteiger partial charge in [0.05, 0.1) is 38.6 Å². The van der Waals surface area contributed by atoms with Crippen LogP contribution in [0.5, 0.6) is 0 Å². The topological polar surface area (TPSA) is 104 Å². The lowest BCUT2D eigenvalue weighted by atomic mass is 10.2. The average molecular weight is 383 g/mol. The molecule has 0 bridgehead atoms. The van der Waals surface area contributed by atoms with Gasteiger partial charge in [-0.3, -0.25) is 9.77 Å². The van der Waals surface area contributed by atoms with Gasteiger partial charge in [-0.15, -0.1) is 0 Å². The van der Waals surface area contributed by atoms with Crippen LogP contribution in [-0.4, -0.2) is 67.9 Å². The smallest absolute Gasteiger partial charge is 0.433 e. The molecule has 0 aromatic rings. The van der Waals surface area contributed by atoms with Gasteiger partial charge in [-0.25, -0.2) is 4.79 Å². The molecule has 2 unspecified atom stereocenters. The lowest BCUT2D eigenvalue weighted by Crippen LogP contribution is -2.41. The van der Waals surface area contributed by atoms with Gasteiger partial charge in [0.1, 0.15) is 0 Å². The van der Waals surface area contributed by atoms with E-state index in [-0.39, 0.29) is 32.5 Å². The largest absolute Gasteiger partial charge is 0.448 e. The zero-order valence-electron chi connectivity index (χ0n) is 15.2. The van der Waals surface area contributed by atoms with Crippen LogP contribution in [0, 0.1) is 0 Å². The van der Waals surface area contributed by atoms with E-state index in [1.165, 1.54) is 0 Å². The lowest BCUT2D eigenvalue weighted by Gasteiger charge is -2.30. The maximum absolute atomic E-state index is 12.8. The molecule has 0 saturated carbocycles. The van der Waals surface area contributed by atoms with Crippen LogP contribution in [0.1, 0.15) is 40.0 Å². The van der Waals surface area contributed by atoms with Crippen molar-refractivity contribution in [2.75, 3.05) is 39.1 Å². The minimum atomic E-state index is -3.42. The number of amides is 1. The third-order valence-electron chi connectivity index (χ3n) is 3.42. The monoisotopic (exact) mass is 383 g/mol. The van der Waals surface area contributed by atoms with E-state index in [1.807, 2.05) is 0 Å². The summed E-state index contributed by atoms with van der Waals surface area (Å²) in [5.41, 5.74) is 0. The minimum absolute atomic E-state index is 0.106. The highest BCUT2D eigenvalue weighted by molar-refractivity contribution is 7.53. The van der Waals surface area contributed by atoms with Crippen LogP contribution < -0.4 is 0 Å². The summed E-state index contributed by atoms with van der Waals surface area (Å²) in [4.78, 5) is 11.6. The Kier molecular flexibility index (Phi) is 10.6. The van der Waals surface area contributed by atoms with Gasteiger partial charge in [-0.1, -0.05) is 0 Å². The summed E-state index contributed by atoms with van der Waals surface area (Å²) in [7, 11) is -3.42. The van der Waals surface area contributed by atoms with Crippen LogP contribution in [0.15, 0.2) is 0 Å². The molecule has 1 fully saturated rings. The van der Waals surface area contributed by atoms with Gasteiger partial charge >= 0.3 is 13.7 Å². The number of hydrogen-bond donors (Lipinski definition) is 1. The van der Waals surface area contributed by atoms with Crippen molar-refractivity contribution in [2.45, 2.75) is 52.4 Å². The lowest BCUT2D eigenvalue weighted by molar-refractivity contribution is -0.198. The predicted molar refractivity (Wildman–Crippen MR) is 89.7 cm³/mol. The van der Waals surface area contributed by atoms with Gasteiger partial charge in [0, 0.05) is 6.61 Å². The molecule has 10 heteroatoms. The minimum Gasteiger partial charge on any atom is -0.448 e. The quantitative estimate of drug-likeness (QED) is 0.330. The van der Waals surface area contributed by atoms with Crippen LogP contribution in [0.25, 0.3) is 0 Å². The maximum atomic E-state index is 12.8. The Morgan fingerprint density at radius 1 is 1.24 bits per heavy atom. The molecule has 1 aliphatic heterocycles. The van der Waals surface area contributed by atoms with Crippen molar-refractivity contribution in [1.29, 1.82) is 0 Å². The van der Waals surface area contributed by atoms with Crippen molar-refractivity contribution >= 4 is 13.7 Å². The first-order chi connectivity index (χ1) is 11.9. The zero-order valence-corrected chi connectivity index (χ0v) is 16.1. The first kappa shape index (κ1) is 22.3. The van der Waals surface area contributed by atoms with Crippen molar-refractivity contribution in [3.8, 4) is 0 Å². The fourth-order valence-electron chi connectivity index (χ4n) is 2.43. The van der Waals surface area contributed by atoms with E-state index in [1.54, 1.807) is 20.8 Å². The third-order valence-corrected chi connectivity index (χ3v) is 5.57. The van der Waals surface area contributed by atoms with E-state index in [4.69, 9.17) is 23.3 Å². The predicted octanol–water partition coefficient (Wildman–Crippen LogP) is 3.01. The summed E-state index contributed by atoms with van der Waals surface area (Å²) in [5, 5.41) is 10.3. The van der Waals surface area contributed by atoms with Gasteiger partial charge in [0.15, 0.2) is 6.29 Å². The summed E-state index contributed by atoms with van der Waals surface area (Å²) in [5.74, 6) is 0. The number of rotatable bonds is 11. The van der Waals surface area contributed by atoms with Crippen LogP contribution in [-0.2, 0) is 27.8 Å². The second-order valence-electron chi connectivity index (χ2n) is 5.46. The molecule has 2 atom stereocenters. The zero-order chi connectivity index (χ0) is 18.7. The van der Waals surface area contributed by atoms with E-state index in [9.17, 15) is 14.6 Å². The Morgan fingerprint density at radius 3 is 2.44 bits per heavy atom. The molecule has 1 amide bonds. The van der Waals surface area contributed by atoms with Crippen LogP contribution >= 0.6 is 7.60 Å². The molecular formula is C15H30NO8P. The normalized spacial score (nSPS) is 19.4. The van der Waals surface area contributed by atoms with E-state index < -0.39 is 26.1 Å². The van der Waals surface area contributed by atoms with Crippen molar-refractivity contribution in [1.82, 2.24) is 5.06 Å². The number of nitrogens with zero attached hydrogens (tertiary/aromatic N) is 1. The van der Waals surface area contributed by atoms with Gasteiger partial charge in [0.2, 0.25) is 0 Å². The fraction of sp³-hybridized carbons (Fsp3) is 0.933. The molecule has 0 spiro atoms. The van der Waals surface area contributed by atoms with E-state index in [0.717, 1.165) is 12.8 Å². The first-order valence-electron chi connectivity index (χ1n) is 8.72. The van der Waals surface area contributed by atoms with Crippen molar-refractivity contribution in [3.05, 3.63) is 0 Å². The first-order valence-corrected chi connectivity index (χ1v) is 10.4. The van der Waals surface area contributed by atoms with Crippen molar-refractivity contribution in [3.63, 3.8) is 0 Å². The third kappa shape index (κ3) is 8.48. The summed E-state index contributed by atoms with van der Waals surface area (Å²) in [6, 6.07) is 0. The van der Waals surface area contributed by atoms with E-state index in [0.29, 0.717) is 18.1 Å². The van der Waals surface area contributed by atoms with Gasteiger partial charge in [-0.2, -0.15) is 5.06 Å².